The SMILES string of the molecule is Cc1nc(-c2cc(C(N)=O)c(C)n2CCC(C)C)cs1. The number of rotatable bonds is 5. The summed E-state index contributed by atoms with van der Waals surface area (Å²) in [6, 6.07) is 1.87. The standard InChI is InChI=1S/C15H21N3OS/c1-9(2)5-6-18-10(3)12(15(16)19)7-14(18)13-8-20-11(4)17-13/h7-9H,5-6H2,1-4H3,(H2,16,19). The van der Waals surface area contributed by atoms with E-state index < -0.39 is 0 Å². The number of aryl methyl sites for hydroxylation is 1. The molecular formula is C15H21N3OS. The van der Waals surface area contributed by atoms with Crippen LogP contribution in [-0.2, 0) is 6.54 Å². The number of carbonyl (C=O) groups is 1. The Hall–Kier alpha value is -1.62. The zero-order valence-electron chi connectivity index (χ0n) is 12.4. The van der Waals surface area contributed by atoms with E-state index in [9.17, 15) is 4.79 Å². The van der Waals surface area contributed by atoms with E-state index in [0.29, 0.717) is 11.5 Å². The number of nitrogens with zero attached hydrogens (tertiary/aromatic N) is 2. The van der Waals surface area contributed by atoms with Crippen molar-refractivity contribution in [3.8, 4) is 11.4 Å². The largest absolute Gasteiger partial charge is 0.366 e. The minimum Gasteiger partial charge on any atom is -0.366 e. The summed E-state index contributed by atoms with van der Waals surface area (Å²) in [5.41, 5.74) is 8.90. The fourth-order valence-corrected chi connectivity index (χ4v) is 2.87. The van der Waals surface area contributed by atoms with Gasteiger partial charge in [-0.2, -0.15) is 0 Å². The van der Waals surface area contributed by atoms with Gasteiger partial charge < -0.3 is 10.3 Å². The number of hydrogen-bond donors (Lipinski definition) is 1. The van der Waals surface area contributed by atoms with Gasteiger partial charge in [-0.25, -0.2) is 4.98 Å². The van der Waals surface area contributed by atoms with Gasteiger partial charge in [0.1, 0.15) is 0 Å². The second-order valence-electron chi connectivity index (χ2n) is 5.48. The molecular weight excluding hydrogens is 270 g/mol. The number of aromatic nitrogens is 2. The van der Waals surface area contributed by atoms with Crippen molar-refractivity contribution in [1.29, 1.82) is 0 Å². The van der Waals surface area contributed by atoms with Crippen LogP contribution in [0.15, 0.2) is 11.4 Å². The average Bonchev–Trinajstić information content (AvgIpc) is 2.90. The molecule has 2 N–H and O–H groups in total. The summed E-state index contributed by atoms with van der Waals surface area (Å²) in [7, 11) is 0. The number of hydrogen-bond acceptors (Lipinski definition) is 3. The minimum atomic E-state index is -0.376. The van der Waals surface area contributed by atoms with Crippen LogP contribution in [0.3, 0.4) is 0 Å². The predicted molar refractivity (Wildman–Crippen MR) is 83.0 cm³/mol. The van der Waals surface area contributed by atoms with Crippen LogP contribution >= 0.6 is 11.3 Å². The molecule has 0 atom stereocenters. The van der Waals surface area contributed by atoms with Crippen LogP contribution in [0, 0.1) is 19.8 Å². The third-order valence-electron chi connectivity index (χ3n) is 3.44. The summed E-state index contributed by atoms with van der Waals surface area (Å²) in [5, 5.41) is 3.05. The maximum absolute atomic E-state index is 11.6. The summed E-state index contributed by atoms with van der Waals surface area (Å²) in [6.45, 7) is 9.20. The van der Waals surface area contributed by atoms with Gasteiger partial charge in [0.2, 0.25) is 0 Å². The lowest BCUT2D eigenvalue weighted by molar-refractivity contribution is 0.0999. The fraction of sp³-hybridized carbons (Fsp3) is 0.467. The summed E-state index contributed by atoms with van der Waals surface area (Å²) >= 11 is 1.62. The lowest BCUT2D eigenvalue weighted by atomic mass is 10.1. The topological polar surface area (TPSA) is 60.9 Å². The Bertz CT molecular complexity index is 625. The number of thiazole rings is 1. The maximum Gasteiger partial charge on any atom is 0.250 e. The van der Waals surface area contributed by atoms with Crippen LogP contribution in [0.2, 0.25) is 0 Å². The highest BCUT2D eigenvalue weighted by Crippen LogP contribution is 2.27. The lowest BCUT2D eigenvalue weighted by Gasteiger charge is -2.12. The first-order valence-corrected chi connectivity index (χ1v) is 7.70. The molecule has 2 heterocycles. The van der Waals surface area contributed by atoms with E-state index in [-0.39, 0.29) is 5.91 Å². The van der Waals surface area contributed by atoms with Gasteiger partial charge in [0.15, 0.2) is 0 Å². The maximum atomic E-state index is 11.6. The van der Waals surface area contributed by atoms with Gasteiger partial charge in [-0.1, -0.05) is 13.8 Å². The zero-order chi connectivity index (χ0) is 14.9. The van der Waals surface area contributed by atoms with Gasteiger partial charge in [-0.05, 0) is 32.3 Å². The van der Waals surface area contributed by atoms with Crippen molar-refractivity contribution in [2.45, 2.75) is 40.7 Å². The molecule has 0 aliphatic rings. The van der Waals surface area contributed by atoms with Gasteiger partial charge in [-0.15, -0.1) is 11.3 Å². The molecule has 0 aliphatic heterocycles. The lowest BCUT2D eigenvalue weighted by Crippen LogP contribution is -2.13. The molecule has 2 aromatic heterocycles. The van der Waals surface area contributed by atoms with E-state index in [1.807, 2.05) is 25.3 Å². The van der Waals surface area contributed by atoms with Gasteiger partial charge in [0.05, 0.1) is 22.0 Å². The molecule has 0 aromatic carbocycles. The molecule has 4 nitrogen and oxygen atoms in total. The van der Waals surface area contributed by atoms with E-state index in [4.69, 9.17) is 5.73 Å². The van der Waals surface area contributed by atoms with E-state index in [1.165, 1.54) is 0 Å². The summed E-state index contributed by atoms with van der Waals surface area (Å²) in [5.74, 6) is 0.234. The number of primary amides is 1. The Morgan fingerprint density at radius 1 is 1.45 bits per heavy atom. The second kappa shape index (κ2) is 5.79. The molecule has 0 saturated carbocycles. The Morgan fingerprint density at radius 3 is 2.65 bits per heavy atom. The normalized spacial score (nSPS) is 11.2. The molecule has 2 aromatic rings. The first kappa shape index (κ1) is 14.8. The van der Waals surface area contributed by atoms with E-state index in [0.717, 1.165) is 35.1 Å². The first-order valence-electron chi connectivity index (χ1n) is 6.82. The van der Waals surface area contributed by atoms with Crippen molar-refractivity contribution in [3.05, 3.63) is 27.7 Å². The summed E-state index contributed by atoms with van der Waals surface area (Å²) < 4.78 is 2.16. The van der Waals surface area contributed by atoms with Crippen molar-refractivity contribution in [1.82, 2.24) is 9.55 Å². The second-order valence-corrected chi connectivity index (χ2v) is 6.54. The Kier molecular flexibility index (Phi) is 4.28. The van der Waals surface area contributed by atoms with E-state index in [2.05, 4.69) is 23.4 Å². The van der Waals surface area contributed by atoms with Crippen molar-refractivity contribution in [2.24, 2.45) is 11.7 Å². The smallest absolute Gasteiger partial charge is 0.250 e. The summed E-state index contributed by atoms with van der Waals surface area (Å²) in [6.07, 6.45) is 1.06. The van der Waals surface area contributed by atoms with Crippen molar-refractivity contribution < 1.29 is 4.79 Å². The molecule has 2 rings (SSSR count). The number of nitrogens with two attached hydrogens (primary N) is 1. The molecule has 0 unspecified atom stereocenters. The van der Waals surface area contributed by atoms with Crippen LogP contribution in [0.4, 0.5) is 0 Å². The van der Waals surface area contributed by atoms with Crippen LogP contribution in [0.1, 0.15) is 41.3 Å². The Morgan fingerprint density at radius 2 is 2.15 bits per heavy atom. The van der Waals surface area contributed by atoms with Crippen LogP contribution in [0.25, 0.3) is 11.4 Å². The van der Waals surface area contributed by atoms with Gasteiger partial charge >= 0.3 is 0 Å². The van der Waals surface area contributed by atoms with Gasteiger partial charge in [-0.3, -0.25) is 4.79 Å². The molecule has 0 bridgehead atoms. The monoisotopic (exact) mass is 291 g/mol. The Labute approximate surface area is 123 Å². The Balaban J connectivity index is 2.48. The average molecular weight is 291 g/mol. The molecule has 5 heteroatoms. The molecule has 108 valence electrons. The summed E-state index contributed by atoms with van der Waals surface area (Å²) in [4.78, 5) is 16.1. The van der Waals surface area contributed by atoms with Crippen molar-refractivity contribution >= 4 is 17.2 Å². The van der Waals surface area contributed by atoms with E-state index >= 15 is 0 Å². The molecule has 0 saturated heterocycles. The predicted octanol–water partition coefficient (Wildman–Crippen LogP) is 3.37. The molecule has 0 radical (unpaired) electrons. The quantitative estimate of drug-likeness (QED) is 0.918. The van der Waals surface area contributed by atoms with Crippen LogP contribution in [-0.4, -0.2) is 15.5 Å². The molecule has 0 aliphatic carbocycles. The minimum absolute atomic E-state index is 0.376. The zero-order valence-corrected chi connectivity index (χ0v) is 13.3. The van der Waals surface area contributed by atoms with Gasteiger partial charge in [0.25, 0.3) is 5.91 Å². The van der Waals surface area contributed by atoms with Crippen LogP contribution < -0.4 is 5.73 Å². The van der Waals surface area contributed by atoms with Crippen molar-refractivity contribution in [2.75, 3.05) is 0 Å². The number of carbonyl (C=O) groups excluding carboxylic acids is 1. The molecule has 0 spiro atoms. The fourth-order valence-electron chi connectivity index (χ4n) is 2.26. The van der Waals surface area contributed by atoms with E-state index in [1.54, 1.807) is 11.3 Å². The third kappa shape index (κ3) is 2.93. The highest BCUT2D eigenvalue weighted by atomic mass is 32.1. The number of amides is 1. The van der Waals surface area contributed by atoms with Crippen molar-refractivity contribution in [3.63, 3.8) is 0 Å². The highest BCUT2D eigenvalue weighted by molar-refractivity contribution is 7.09. The molecule has 1 amide bonds. The van der Waals surface area contributed by atoms with Crippen LogP contribution in [0.5, 0.6) is 0 Å². The third-order valence-corrected chi connectivity index (χ3v) is 4.22. The highest BCUT2D eigenvalue weighted by Gasteiger charge is 2.18. The van der Waals surface area contributed by atoms with Gasteiger partial charge in [0, 0.05) is 17.6 Å². The molecule has 20 heavy (non-hydrogen) atoms. The molecule has 0 fully saturated rings. The first-order chi connectivity index (χ1) is 9.40.